The summed E-state index contributed by atoms with van der Waals surface area (Å²) in [6.07, 6.45) is 3.29. The highest BCUT2D eigenvalue weighted by molar-refractivity contribution is 5.89. The quantitative estimate of drug-likeness (QED) is 0.326. The Balaban J connectivity index is 1.46. The number of hydrogen-bond acceptors (Lipinski definition) is 5. The van der Waals surface area contributed by atoms with Gasteiger partial charge in [-0.1, -0.05) is 18.2 Å². The number of rotatable bonds is 8. The number of para-hydroxylation sites is 1. The maximum absolute atomic E-state index is 13.4. The molecule has 8 heteroatoms. The highest BCUT2D eigenvalue weighted by Crippen LogP contribution is 2.23. The van der Waals surface area contributed by atoms with Gasteiger partial charge in [-0.15, -0.1) is 0 Å². The van der Waals surface area contributed by atoms with E-state index in [1.54, 1.807) is 54.4 Å². The fourth-order valence-electron chi connectivity index (χ4n) is 3.05. The van der Waals surface area contributed by atoms with Gasteiger partial charge in [0.05, 0.1) is 19.0 Å². The number of nitrogens with one attached hydrogen (secondary N) is 1. The van der Waals surface area contributed by atoms with Crippen LogP contribution < -0.4 is 14.9 Å². The van der Waals surface area contributed by atoms with Crippen molar-refractivity contribution >= 4 is 12.1 Å². The van der Waals surface area contributed by atoms with E-state index in [4.69, 9.17) is 9.47 Å². The van der Waals surface area contributed by atoms with Gasteiger partial charge in [0.25, 0.3) is 5.91 Å². The van der Waals surface area contributed by atoms with Crippen molar-refractivity contribution in [2.45, 2.75) is 0 Å². The molecular formula is C25H21FN4O3. The summed E-state index contributed by atoms with van der Waals surface area (Å²) < 4.78 is 25.6. The van der Waals surface area contributed by atoms with E-state index < -0.39 is 5.91 Å². The first-order valence-electron chi connectivity index (χ1n) is 10.1. The van der Waals surface area contributed by atoms with E-state index in [2.05, 4.69) is 15.6 Å². The second-order valence-electron chi connectivity index (χ2n) is 6.98. The minimum atomic E-state index is -0.416. The molecule has 4 rings (SSSR count). The highest BCUT2D eigenvalue weighted by atomic mass is 19.1. The van der Waals surface area contributed by atoms with Gasteiger partial charge in [-0.3, -0.25) is 4.79 Å². The summed E-state index contributed by atoms with van der Waals surface area (Å²) in [5.74, 6) is 0.489. The first kappa shape index (κ1) is 21.8. The molecule has 0 saturated carbocycles. The summed E-state index contributed by atoms with van der Waals surface area (Å²) in [6, 6.07) is 22.5. The molecule has 0 fully saturated rings. The van der Waals surface area contributed by atoms with Crippen LogP contribution in [-0.2, 0) is 4.79 Å². The van der Waals surface area contributed by atoms with Crippen molar-refractivity contribution in [1.29, 1.82) is 0 Å². The van der Waals surface area contributed by atoms with Crippen molar-refractivity contribution in [3.8, 4) is 28.4 Å². The van der Waals surface area contributed by atoms with Crippen LogP contribution in [0, 0.1) is 5.82 Å². The molecule has 0 aliphatic rings. The van der Waals surface area contributed by atoms with Crippen LogP contribution in [-0.4, -0.2) is 35.6 Å². The average molecular weight is 444 g/mol. The summed E-state index contributed by atoms with van der Waals surface area (Å²) >= 11 is 0. The number of methoxy groups -OCH3 is 1. The van der Waals surface area contributed by atoms with E-state index in [0.29, 0.717) is 22.8 Å². The number of hydrogen-bond donors (Lipinski definition) is 1. The lowest BCUT2D eigenvalue weighted by Crippen LogP contribution is -2.24. The topological polar surface area (TPSA) is 77.7 Å². The molecule has 1 N–H and O–H groups in total. The molecule has 1 aromatic heterocycles. The minimum Gasteiger partial charge on any atom is -0.497 e. The van der Waals surface area contributed by atoms with Gasteiger partial charge in [-0.25, -0.2) is 14.5 Å². The summed E-state index contributed by atoms with van der Waals surface area (Å²) in [4.78, 5) is 12.1. The fourth-order valence-corrected chi connectivity index (χ4v) is 3.05. The molecule has 0 unspecified atom stereocenters. The van der Waals surface area contributed by atoms with Crippen molar-refractivity contribution in [3.05, 3.63) is 96.4 Å². The number of amides is 1. The van der Waals surface area contributed by atoms with E-state index in [1.807, 2.05) is 30.3 Å². The normalized spacial score (nSPS) is 10.8. The van der Waals surface area contributed by atoms with Crippen LogP contribution in [0.2, 0.25) is 0 Å². The van der Waals surface area contributed by atoms with Crippen molar-refractivity contribution in [3.63, 3.8) is 0 Å². The SMILES string of the molecule is COc1ccc(OCC(=O)NN=Cc2cn(-c3ccccc3)nc2-c2ccc(F)cc2)cc1. The van der Waals surface area contributed by atoms with Crippen molar-refractivity contribution in [1.82, 2.24) is 15.2 Å². The number of ether oxygens (including phenoxy) is 2. The van der Waals surface area contributed by atoms with Gasteiger partial charge >= 0.3 is 0 Å². The lowest BCUT2D eigenvalue weighted by molar-refractivity contribution is -0.123. The third-order valence-electron chi connectivity index (χ3n) is 4.70. The summed E-state index contributed by atoms with van der Waals surface area (Å²) in [5.41, 5.74) is 5.28. The molecule has 0 bridgehead atoms. The molecule has 0 spiro atoms. The molecule has 0 aliphatic carbocycles. The number of carbonyl (C=O) groups excluding carboxylic acids is 1. The third-order valence-corrected chi connectivity index (χ3v) is 4.70. The first-order chi connectivity index (χ1) is 16.1. The van der Waals surface area contributed by atoms with Gasteiger partial charge in [0.1, 0.15) is 23.0 Å². The molecule has 166 valence electrons. The van der Waals surface area contributed by atoms with Crippen LogP contribution in [0.1, 0.15) is 5.56 Å². The molecule has 3 aromatic carbocycles. The van der Waals surface area contributed by atoms with Crippen molar-refractivity contribution in [2.24, 2.45) is 5.10 Å². The van der Waals surface area contributed by atoms with Crippen LogP contribution in [0.4, 0.5) is 4.39 Å². The minimum absolute atomic E-state index is 0.197. The summed E-state index contributed by atoms with van der Waals surface area (Å²) in [5, 5.41) is 8.66. The van der Waals surface area contributed by atoms with Gasteiger partial charge in [0.15, 0.2) is 6.61 Å². The van der Waals surface area contributed by atoms with Crippen LogP contribution in [0.5, 0.6) is 11.5 Å². The van der Waals surface area contributed by atoms with Gasteiger partial charge in [0, 0.05) is 17.3 Å². The summed E-state index contributed by atoms with van der Waals surface area (Å²) in [7, 11) is 1.58. The Bertz CT molecular complexity index is 1240. The van der Waals surface area contributed by atoms with E-state index >= 15 is 0 Å². The molecule has 7 nitrogen and oxygen atoms in total. The zero-order valence-corrected chi connectivity index (χ0v) is 17.8. The maximum atomic E-state index is 13.4. The highest BCUT2D eigenvalue weighted by Gasteiger charge is 2.11. The Morgan fingerprint density at radius 2 is 1.73 bits per heavy atom. The number of nitrogens with zero attached hydrogens (tertiary/aromatic N) is 3. The Kier molecular flexibility index (Phi) is 6.75. The van der Waals surface area contributed by atoms with Gasteiger partial charge in [-0.05, 0) is 60.7 Å². The molecule has 0 saturated heterocycles. The summed E-state index contributed by atoms with van der Waals surface area (Å²) in [6.45, 7) is -0.197. The molecule has 0 radical (unpaired) electrons. The number of aromatic nitrogens is 2. The third kappa shape index (κ3) is 5.62. The van der Waals surface area contributed by atoms with Crippen LogP contribution in [0.25, 0.3) is 16.9 Å². The standard InChI is InChI=1S/C25H21FN4O3/c1-32-22-11-13-23(14-12-22)33-17-24(31)28-27-15-19-16-30(21-5-3-2-4-6-21)29-25(19)18-7-9-20(26)10-8-18/h2-16H,17H2,1H3,(H,28,31). The predicted molar refractivity (Wildman–Crippen MR) is 123 cm³/mol. The molecule has 4 aromatic rings. The second-order valence-corrected chi connectivity index (χ2v) is 6.98. The fraction of sp³-hybridized carbons (Fsp3) is 0.0800. The van der Waals surface area contributed by atoms with Gasteiger partial charge in [0.2, 0.25) is 0 Å². The molecular weight excluding hydrogens is 423 g/mol. The van der Waals surface area contributed by atoms with Gasteiger partial charge < -0.3 is 9.47 Å². The van der Waals surface area contributed by atoms with Crippen LogP contribution in [0.15, 0.2) is 90.2 Å². The number of hydrazone groups is 1. The number of carbonyl (C=O) groups is 1. The largest absolute Gasteiger partial charge is 0.497 e. The van der Waals surface area contributed by atoms with Crippen molar-refractivity contribution in [2.75, 3.05) is 13.7 Å². The van der Waals surface area contributed by atoms with E-state index in [0.717, 1.165) is 11.3 Å². The average Bonchev–Trinajstić information content (AvgIpc) is 3.28. The molecule has 1 amide bonds. The Labute approximate surface area is 190 Å². The molecule has 0 aliphatic heterocycles. The lowest BCUT2D eigenvalue weighted by Gasteiger charge is -2.05. The van der Waals surface area contributed by atoms with Gasteiger partial charge in [-0.2, -0.15) is 10.2 Å². The molecule has 0 atom stereocenters. The Morgan fingerprint density at radius 3 is 2.42 bits per heavy atom. The van der Waals surface area contributed by atoms with Crippen LogP contribution >= 0.6 is 0 Å². The van der Waals surface area contributed by atoms with Crippen molar-refractivity contribution < 1.29 is 18.7 Å². The monoisotopic (exact) mass is 444 g/mol. The Morgan fingerprint density at radius 1 is 1.03 bits per heavy atom. The first-order valence-corrected chi connectivity index (χ1v) is 10.1. The Hall–Kier alpha value is -4.46. The zero-order valence-electron chi connectivity index (χ0n) is 17.8. The smallest absolute Gasteiger partial charge is 0.277 e. The van der Waals surface area contributed by atoms with E-state index in [1.165, 1.54) is 18.3 Å². The van der Waals surface area contributed by atoms with Crippen LogP contribution in [0.3, 0.4) is 0 Å². The van der Waals surface area contributed by atoms with E-state index in [-0.39, 0.29) is 12.4 Å². The number of benzene rings is 3. The molecule has 33 heavy (non-hydrogen) atoms. The zero-order chi connectivity index (χ0) is 23.0. The number of halogens is 1. The van der Waals surface area contributed by atoms with E-state index in [9.17, 15) is 9.18 Å². The molecule has 1 heterocycles. The lowest BCUT2D eigenvalue weighted by atomic mass is 10.1. The predicted octanol–water partition coefficient (Wildman–Crippen LogP) is 4.22. The second kappa shape index (κ2) is 10.2. The maximum Gasteiger partial charge on any atom is 0.277 e.